The van der Waals surface area contributed by atoms with Crippen molar-refractivity contribution in [3.63, 3.8) is 0 Å². The highest BCUT2D eigenvalue weighted by atomic mass is 35.5. The average molecular weight is 509 g/mol. The Kier molecular flexibility index (Phi) is 6.35. The Hall–Kier alpha value is -4.13. The largest absolute Gasteiger partial charge is 0.0985 e. The molecule has 5 aromatic rings. The minimum Gasteiger partial charge on any atom is -0.0985 e. The van der Waals surface area contributed by atoms with Gasteiger partial charge in [0.05, 0.1) is 0 Å². The van der Waals surface area contributed by atoms with E-state index in [0.717, 1.165) is 29.0 Å². The minimum absolute atomic E-state index is 0.209. The second-order valence-corrected chi connectivity index (χ2v) is 10.6. The number of rotatable bonds is 7. The molecule has 1 aliphatic carbocycles. The number of halogens is 1. The van der Waals surface area contributed by atoms with Gasteiger partial charge in [-0.05, 0) is 86.7 Å². The summed E-state index contributed by atoms with van der Waals surface area (Å²) in [6.07, 6.45) is 5.61. The fourth-order valence-electron chi connectivity index (χ4n) is 5.96. The fraction of sp³-hybridized carbons (Fsp3) is 0.0811. The topological polar surface area (TPSA) is 0 Å². The molecule has 0 fully saturated rings. The van der Waals surface area contributed by atoms with E-state index in [1.807, 2.05) is 24.3 Å². The summed E-state index contributed by atoms with van der Waals surface area (Å²) in [4.78, 5) is 0. The molecule has 0 atom stereocenters. The Morgan fingerprint density at radius 2 is 1.08 bits per heavy atom. The van der Waals surface area contributed by atoms with E-state index < -0.39 is 0 Å². The molecule has 0 heterocycles. The van der Waals surface area contributed by atoms with Crippen molar-refractivity contribution in [3.8, 4) is 22.3 Å². The maximum Gasteiger partial charge on any atom is 0.0406 e. The smallest absolute Gasteiger partial charge is 0.0406 e. The molecule has 5 aromatic carbocycles. The second kappa shape index (κ2) is 9.97. The molecule has 0 radical (unpaired) electrons. The summed E-state index contributed by atoms with van der Waals surface area (Å²) < 4.78 is 0. The van der Waals surface area contributed by atoms with Crippen molar-refractivity contribution in [2.24, 2.45) is 0 Å². The maximum absolute atomic E-state index is 6.21. The summed E-state index contributed by atoms with van der Waals surface area (Å²) >= 11 is 6.21. The zero-order chi connectivity index (χ0) is 26.1. The zero-order valence-corrected chi connectivity index (χ0v) is 22.1. The summed E-state index contributed by atoms with van der Waals surface area (Å²) in [5.41, 5.74) is 12.5. The van der Waals surface area contributed by atoms with E-state index in [-0.39, 0.29) is 5.41 Å². The average Bonchev–Trinajstić information content (AvgIpc) is 3.23. The van der Waals surface area contributed by atoms with E-state index in [2.05, 4.69) is 116 Å². The van der Waals surface area contributed by atoms with E-state index in [0.29, 0.717) is 0 Å². The van der Waals surface area contributed by atoms with Crippen LogP contribution in [0.1, 0.15) is 33.4 Å². The summed E-state index contributed by atoms with van der Waals surface area (Å²) in [5, 5.41) is 0.752. The van der Waals surface area contributed by atoms with Crippen LogP contribution in [0.4, 0.5) is 0 Å². The molecule has 0 aromatic heterocycles. The van der Waals surface area contributed by atoms with Gasteiger partial charge >= 0.3 is 0 Å². The van der Waals surface area contributed by atoms with Crippen LogP contribution in [0, 0.1) is 0 Å². The quantitative estimate of drug-likeness (QED) is 0.205. The molecule has 38 heavy (non-hydrogen) atoms. The Labute approximate surface area is 230 Å². The number of hydrogen-bond donors (Lipinski definition) is 0. The normalized spacial score (nSPS) is 13.0. The highest BCUT2D eigenvalue weighted by molar-refractivity contribution is 6.30. The first-order valence-corrected chi connectivity index (χ1v) is 13.4. The molecule has 1 heteroatoms. The van der Waals surface area contributed by atoms with Gasteiger partial charge < -0.3 is 0 Å². The van der Waals surface area contributed by atoms with E-state index in [1.54, 1.807) is 0 Å². The van der Waals surface area contributed by atoms with Crippen LogP contribution in [0.5, 0.6) is 0 Å². The molecular formula is C37H29Cl. The summed E-state index contributed by atoms with van der Waals surface area (Å²) in [6.45, 7) is 7.87. The maximum atomic E-state index is 6.21. The van der Waals surface area contributed by atoms with Gasteiger partial charge in [0.1, 0.15) is 0 Å². The molecule has 0 nitrogen and oxygen atoms in total. The van der Waals surface area contributed by atoms with Crippen molar-refractivity contribution >= 4 is 23.8 Å². The lowest BCUT2D eigenvalue weighted by Gasteiger charge is -2.33. The summed E-state index contributed by atoms with van der Waals surface area (Å²) in [7, 11) is 0. The molecule has 0 saturated heterocycles. The summed E-state index contributed by atoms with van der Waals surface area (Å²) in [5.74, 6) is 0. The Balaban J connectivity index is 1.56. The molecule has 184 valence electrons. The van der Waals surface area contributed by atoms with Gasteiger partial charge in [0.15, 0.2) is 0 Å². The van der Waals surface area contributed by atoms with E-state index in [1.165, 1.54) is 44.5 Å². The minimum atomic E-state index is -0.209. The van der Waals surface area contributed by atoms with E-state index in [9.17, 15) is 0 Å². The second-order valence-electron chi connectivity index (χ2n) is 10.1. The van der Waals surface area contributed by atoms with Crippen LogP contribution in [0.25, 0.3) is 34.4 Å². The van der Waals surface area contributed by atoms with Crippen LogP contribution < -0.4 is 0 Å². The van der Waals surface area contributed by atoms with Gasteiger partial charge in [-0.3, -0.25) is 0 Å². The van der Waals surface area contributed by atoms with Crippen LogP contribution >= 0.6 is 11.6 Å². The van der Waals surface area contributed by atoms with Gasteiger partial charge in [0.2, 0.25) is 0 Å². The van der Waals surface area contributed by atoms with Crippen molar-refractivity contribution in [1.29, 1.82) is 0 Å². The van der Waals surface area contributed by atoms with Gasteiger partial charge in [-0.1, -0.05) is 134 Å². The first-order valence-electron chi connectivity index (χ1n) is 13.0. The molecule has 0 unspecified atom stereocenters. The Morgan fingerprint density at radius 1 is 0.553 bits per heavy atom. The highest BCUT2D eigenvalue weighted by Crippen LogP contribution is 2.53. The van der Waals surface area contributed by atoms with Crippen molar-refractivity contribution in [3.05, 3.63) is 167 Å². The third-order valence-corrected chi connectivity index (χ3v) is 8.14. The lowest BCUT2D eigenvalue weighted by Crippen LogP contribution is -2.31. The predicted molar refractivity (Wildman–Crippen MR) is 164 cm³/mol. The van der Waals surface area contributed by atoms with Gasteiger partial charge in [-0.15, -0.1) is 0 Å². The molecule has 0 aliphatic heterocycles. The number of benzene rings is 5. The van der Waals surface area contributed by atoms with Gasteiger partial charge in [0.25, 0.3) is 0 Å². The first-order chi connectivity index (χ1) is 18.6. The number of hydrogen-bond acceptors (Lipinski definition) is 0. The highest BCUT2D eigenvalue weighted by Gasteiger charge is 2.43. The van der Waals surface area contributed by atoms with E-state index >= 15 is 0 Å². The third kappa shape index (κ3) is 4.32. The van der Waals surface area contributed by atoms with Crippen molar-refractivity contribution < 1.29 is 0 Å². The molecule has 6 rings (SSSR count). The van der Waals surface area contributed by atoms with Crippen LogP contribution in [0.15, 0.2) is 128 Å². The first kappa shape index (κ1) is 24.2. The van der Waals surface area contributed by atoms with Crippen LogP contribution in [0.2, 0.25) is 5.02 Å². The van der Waals surface area contributed by atoms with Crippen LogP contribution in [-0.2, 0) is 18.3 Å². The molecule has 1 aliphatic rings. The summed E-state index contributed by atoms with van der Waals surface area (Å²) in [6, 6.07) is 41.7. The van der Waals surface area contributed by atoms with Crippen LogP contribution in [0.3, 0.4) is 0 Å². The molecular weight excluding hydrogens is 480 g/mol. The Morgan fingerprint density at radius 3 is 1.66 bits per heavy atom. The van der Waals surface area contributed by atoms with Crippen molar-refractivity contribution in [2.45, 2.75) is 18.3 Å². The fourth-order valence-corrected chi connectivity index (χ4v) is 6.09. The standard InChI is InChI=1S/C37H29Cl/c1-3-26-9-13-28(14-10-26)24-37(25-29-15-11-27(4-2)12-16-29)35-8-6-5-7-33(35)34-22-19-31(23-36(34)37)30-17-20-32(38)21-18-30/h3-23H,1-2,24-25H2. The van der Waals surface area contributed by atoms with Gasteiger partial charge in [-0.25, -0.2) is 0 Å². The monoisotopic (exact) mass is 508 g/mol. The van der Waals surface area contributed by atoms with Crippen molar-refractivity contribution in [1.82, 2.24) is 0 Å². The molecule has 0 bridgehead atoms. The van der Waals surface area contributed by atoms with Crippen LogP contribution in [-0.4, -0.2) is 0 Å². The molecule has 0 saturated carbocycles. The third-order valence-electron chi connectivity index (χ3n) is 7.89. The van der Waals surface area contributed by atoms with Gasteiger partial charge in [0, 0.05) is 10.4 Å². The molecule has 0 amide bonds. The van der Waals surface area contributed by atoms with Gasteiger partial charge in [-0.2, -0.15) is 0 Å². The lowest BCUT2D eigenvalue weighted by molar-refractivity contribution is 0.520. The zero-order valence-electron chi connectivity index (χ0n) is 21.3. The van der Waals surface area contributed by atoms with E-state index in [4.69, 9.17) is 11.6 Å². The molecule has 0 N–H and O–H groups in total. The lowest BCUT2D eigenvalue weighted by atomic mass is 9.69. The number of fused-ring (bicyclic) bond motifs is 3. The predicted octanol–water partition coefficient (Wildman–Crippen LogP) is 10.0. The van der Waals surface area contributed by atoms with Crippen molar-refractivity contribution in [2.75, 3.05) is 0 Å². The molecule has 0 spiro atoms. The Bertz CT molecular complexity index is 1570. The SMILES string of the molecule is C=Cc1ccc(CC2(Cc3ccc(C=C)cc3)c3ccccc3-c3ccc(-c4ccc(Cl)cc4)cc32)cc1.